The Morgan fingerprint density at radius 3 is 2.60 bits per heavy atom. The van der Waals surface area contributed by atoms with E-state index in [9.17, 15) is 4.79 Å². The number of guanidine groups is 1. The van der Waals surface area contributed by atoms with Crippen molar-refractivity contribution >= 4 is 41.5 Å². The largest absolute Gasteiger partial charge is 0.356 e. The molecule has 2 aromatic rings. The van der Waals surface area contributed by atoms with E-state index in [1.165, 1.54) is 11.3 Å². The molecule has 2 N–H and O–H groups in total. The van der Waals surface area contributed by atoms with Crippen LogP contribution in [0.2, 0.25) is 0 Å². The van der Waals surface area contributed by atoms with Crippen LogP contribution in [0.4, 0.5) is 5.69 Å². The van der Waals surface area contributed by atoms with E-state index in [1.807, 2.05) is 34.7 Å². The van der Waals surface area contributed by atoms with Crippen LogP contribution in [0.25, 0.3) is 0 Å². The molecule has 7 nitrogen and oxygen atoms in total. The maximum Gasteiger partial charge on any atom is 0.227 e. The highest BCUT2D eigenvalue weighted by molar-refractivity contribution is 14.0. The Kier molecular flexibility index (Phi) is 9.61. The van der Waals surface area contributed by atoms with Crippen LogP contribution in [-0.2, 0) is 17.8 Å². The monoisotopic (exact) mass is 524 g/mol. The summed E-state index contributed by atoms with van der Waals surface area (Å²) in [6, 6.07) is 10.3. The van der Waals surface area contributed by atoms with Gasteiger partial charge in [-0.25, -0.2) is 0 Å². The molecule has 1 aromatic heterocycles. The Bertz CT molecular complexity index is 863. The number of benzene rings is 1. The number of aromatic nitrogens is 2. The summed E-state index contributed by atoms with van der Waals surface area (Å²) in [5, 5.41) is 11.1. The van der Waals surface area contributed by atoms with E-state index in [0.29, 0.717) is 6.42 Å². The van der Waals surface area contributed by atoms with Gasteiger partial charge in [-0.05, 0) is 50.8 Å². The van der Waals surface area contributed by atoms with Crippen molar-refractivity contribution in [3.05, 3.63) is 47.3 Å². The molecule has 0 fully saturated rings. The van der Waals surface area contributed by atoms with Crippen LogP contribution in [0.5, 0.6) is 0 Å². The number of aryl methyl sites for hydroxylation is 3. The van der Waals surface area contributed by atoms with E-state index >= 15 is 0 Å². The summed E-state index contributed by atoms with van der Waals surface area (Å²) in [4.78, 5) is 18.7. The molecule has 2 heterocycles. The predicted octanol–water partition coefficient (Wildman–Crippen LogP) is 3.04. The van der Waals surface area contributed by atoms with Crippen molar-refractivity contribution in [2.24, 2.45) is 4.99 Å². The molecular weight excluding hydrogens is 491 g/mol. The van der Waals surface area contributed by atoms with E-state index in [4.69, 9.17) is 0 Å². The number of amides is 1. The van der Waals surface area contributed by atoms with Crippen molar-refractivity contribution in [2.45, 2.75) is 46.1 Å². The second-order valence-electron chi connectivity index (χ2n) is 7.46. The van der Waals surface area contributed by atoms with E-state index in [2.05, 4.69) is 39.8 Å². The molecule has 30 heavy (non-hydrogen) atoms. The zero-order valence-corrected chi connectivity index (χ0v) is 20.5. The third-order valence-electron chi connectivity index (χ3n) is 5.21. The van der Waals surface area contributed by atoms with Gasteiger partial charge >= 0.3 is 0 Å². The minimum absolute atomic E-state index is 0. The Hall–Kier alpha value is -2.10. The highest BCUT2D eigenvalue weighted by atomic mass is 127. The lowest BCUT2D eigenvalue weighted by atomic mass is 10.2. The summed E-state index contributed by atoms with van der Waals surface area (Å²) >= 11 is 0. The van der Waals surface area contributed by atoms with Crippen LogP contribution >= 0.6 is 24.0 Å². The van der Waals surface area contributed by atoms with Crippen LogP contribution in [0.15, 0.2) is 35.3 Å². The Morgan fingerprint density at radius 1 is 1.17 bits per heavy atom. The number of para-hydroxylation sites is 1. The number of aliphatic imine (C=N–C) groups is 1. The number of carbonyl (C=O) groups excluding carboxylic acids is 1. The van der Waals surface area contributed by atoms with Gasteiger partial charge in [-0.3, -0.25) is 14.5 Å². The smallest absolute Gasteiger partial charge is 0.227 e. The fourth-order valence-corrected chi connectivity index (χ4v) is 3.74. The molecule has 1 amide bonds. The number of nitrogens with zero attached hydrogens (tertiary/aromatic N) is 4. The first-order chi connectivity index (χ1) is 14.1. The predicted molar refractivity (Wildman–Crippen MR) is 133 cm³/mol. The minimum atomic E-state index is 0. The molecule has 0 radical (unpaired) electrons. The van der Waals surface area contributed by atoms with Gasteiger partial charge in [0.2, 0.25) is 5.91 Å². The molecule has 0 spiro atoms. The summed E-state index contributed by atoms with van der Waals surface area (Å²) < 4.78 is 2.04. The third kappa shape index (κ3) is 6.45. The Morgan fingerprint density at radius 2 is 1.90 bits per heavy atom. The topological polar surface area (TPSA) is 74.6 Å². The molecule has 0 aliphatic carbocycles. The summed E-state index contributed by atoms with van der Waals surface area (Å²) in [6.07, 6.45) is 3.24. The van der Waals surface area contributed by atoms with Gasteiger partial charge in [0.25, 0.3) is 0 Å². The lowest BCUT2D eigenvalue weighted by molar-refractivity contribution is -0.118. The van der Waals surface area contributed by atoms with Crippen LogP contribution in [0, 0.1) is 13.8 Å². The van der Waals surface area contributed by atoms with Crippen molar-refractivity contribution in [3.8, 4) is 0 Å². The summed E-state index contributed by atoms with van der Waals surface area (Å²) in [7, 11) is 1.77. The fraction of sp³-hybridized carbons (Fsp3) is 0.500. The van der Waals surface area contributed by atoms with E-state index in [0.717, 1.165) is 62.8 Å². The van der Waals surface area contributed by atoms with Crippen LogP contribution in [0.1, 0.15) is 36.2 Å². The van der Waals surface area contributed by atoms with Crippen molar-refractivity contribution in [1.29, 1.82) is 0 Å². The molecule has 0 saturated heterocycles. The molecule has 1 aromatic carbocycles. The Balaban J connectivity index is 0.00000320. The zero-order chi connectivity index (χ0) is 20.6. The number of nitrogens with one attached hydrogen (secondary N) is 2. The zero-order valence-electron chi connectivity index (χ0n) is 18.1. The van der Waals surface area contributed by atoms with E-state index in [1.54, 1.807) is 7.05 Å². The van der Waals surface area contributed by atoms with Crippen LogP contribution in [-0.4, -0.2) is 48.3 Å². The highest BCUT2D eigenvalue weighted by Gasteiger charge is 2.23. The van der Waals surface area contributed by atoms with Gasteiger partial charge in [-0.15, -0.1) is 24.0 Å². The first-order valence-corrected chi connectivity index (χ1v) is 10.4. The Labute approximate surface area is 196 Å². The number of rotatable bonds is 8. The SMILES string of the molecule is CN=C(NCCCC(=O)N1CCc2ccccc21)NCCCn1nc(C)cc1C.I. The molecule has 0 unspecified atom stereocenters. The van der Waals surface area contributed by atoms with Gasteiger partial charge < -0.3 is 15.5 Å². The van der Waals surface area contributed by atoms with Crippen molar-refractivity contribution in [1.82, 2.24) is 20.4 Å². The van der Waals surface area contributed by atoms with Gasteiger partial charge in [0.1, 0.15) is 0 Å². The summed E-state index contributed by atoms with van der Waals surface area (Å²) in [5.41, 5.74) is 4.59. The average Bonchev–Trinajstić information content (AvgIpc) is 3.29. The third-order valence-corrected chi connectivity index (χ3v) is 5.21. The van der Waals surface area contributed by atoms with Crippen molar-refractivity contribution in [3.63, 3.8) is 0 Å². The standard InChI is InChI=1S/C22H32N6O.HI/c1-17-16-18(2)28(26-17)14-7-13-25-22(23-3)24-12-6-10-21(29)27-15-11-19-8-4-5-9-20(19)27;/h4-5,8-9,16H,6-7,10-15H2,1-3H3,(H2,23,24,25);1H. The first-order valence-electron chi connectivity index (χ1n) is 10.4. The number of fused-ring (bicyclic) bond motifs is 1. The molecular formula is C22H33IN6O. The number of carbonyl (C=O) groups is 1. The van der Waals surface area contributed by atoms with Crippen molar-refractivity contribution in [2.75, 3.05) is 31.6 Å². The second-order valence-corrected chi connectivity index (χ2v) is 7.46. The molecule has 8 heteroatoms. The van der Waals surface area contributed by atoms with Crippen LogP contribution < -0.4 is 15.5 Å². The van der Waals surface area contributed by atoms with Gasteiger partial charge in [0.05, 0.1) is 5.69 Å². The van der Waals surface area contributed by atoms with E-state index in [-0.39, 0.29) is 29.9 Å². The summed E-state index contributed by atoms with van der Waals surface area (Å²) in [5.74, 6) is 0.974. The van der Waals surface area contributed by atoms with Gasteiger partial charge in [-0.1, -0.05) is 18.2 Å². The molecule has 0 atom stereocenters. The van der Waals surface area contributed by atoms with Gasteiger partial charge in [0, 0.05) is 51.0 Å². The normalized spacial score (nSPS) is 13.0. The number of anilines is 1. The molecule has 0 bridgehead atoms. The quantitative estimate of drug-likeness (QED) is 0.241. The number of hydrogen-bond acceptors (Lipinski definition) is 3. The molecule has 0 saturated carbocycles. The average molecular weight is 524 g/mol. The molecule has 1 aliphatic rings. The van der Waals surface area contributed by atoms with Gasteiger partial charge in [-0.2, -0.15) is 5.10 Å². The highest BCUT2D eigenvalue weighted by Crippen LogP contribution is 2.27. The lowest BCUT2D eigenvalue weighted by Gasteiger charge is -2.17. The maximum absolute atomic E-state index is 12.5. The summed E-state index contributed by atoms with van der Waals surface area (Å²) in [6.45, 7) is 7.32. The number of halogens is 1. The minimum Gasteiger partial charge on any atom is -0.356 e. The van der Waals surface area contributed by atoms with E-state index < -0.39 is 0 Å². The molecule has 164 valence electrons. The van der Waals surface area contributed by atoms with Crippen molar-refractivity contribution < 1.29 is 4.79 Å². The fourth-order valence-electron chi connectivity index (χ4n) is 3.74. The van der Waals surface area contributed by atoms with Gasteiger partial charge in [0.15, 0.2) is 5.96 Å². The molecule has 1 aliphatic heterocycles. The second kappa shape index (κ2) is 11.9. The first kappa shape index (κ1) is 24.2. The molecule has 3 rings (SSSR count). The lowest BCUT2D eigenvalue weighted by Crippen LogP contribution is -2.39. The van der Waals surface area contributed by atoms with Crippen LogP contribution in [0.3, 0.4) is 0 Å². The number of hydrogen-bond donors (Lipinski definition) is 2. The maximum atomic E-state index is 12.5.